The molecule has 30 heavy (non-hydrogen) atoms. The molecule has 9 heteroatoms. The van der Waals surface area contributed by atoms with Crippen LogP contribution in [0.5, 0.6) is 11.5 Å². The first-order chi connectivity index (χ1) is 14.4. The van der Waals surface area contributed by atoms with Crippen molar-refractivity contribution in [2.24, 2.45) is 5.10 Å². The Morgan fingerprint density at radius 3 is 2.63 bits per heavy atom. The van der Waals surface area contributed by atoms with Crippen molar-refractivity contribution in [3.05, 3.63) is 52.8 Å². The third-order valence-electron chi connectivity index (χ3n) is 4.67. The number of amides is 1. The molecule has 0 radical (unpaired) electrons. The van der Waals surface area contributed by atoms with Crippen molar-refractivity contribution < 1.29 is 24.2 Å². The lowest BCUT2D eigenvalue weighted by Gasteiger charge is -2.15. The van der Waals surface area contributed by atoms with Crippen molar-refractivity contribution in [3.63, 3.8) is 0 Å². The van der Waals surface area contributed by atoms with E-state index in [1.165, 1.54) is 32.6 Å². The molecule has 1 aromatic heterocycles. The summed E-state index contributed by atoms with van der Waals surface area (Å²) in [7, 11) is 2.72. The number of hydrogen-bond acceptors (Lipinski definition) is 7. The summed E-state index contributed by atoms with van der Waals surface area (Å²) in [5.41, 5.74) is 4.40. The molecule has 1 N–H and O–H groups in total. The number of carbonyl (C=O) groups excluding carboxylic acids is 2. The molecule has 0 spiro atoms. The summed E-state index contributed by atoms with van der Waals surface area (Å²) >= 11 is 0. The number of nitrogens with zero attached hydrogens (tertiary/aromatic N) is 3. The van der Waals surface area contributed by atoms with Crippen LogP contribution in [0.2, 0.25) is 0 Å². The van der Waals surface area contributed by atoms with Gasteiger partial charge in [0, 0.05) is 17.7 Å². The molecule has 3 aromatic rings. The number of rotatable bonds is 7. The third-order valence-corrected chi connectivity index (χ3v) is 4.67. The molecular weight excluding hydrogens is 388 g/mol. The van der Waals surface area contributed by atoms with E-state index in [4.69, 9.17) is 9.47 Å². The monoisotopic (exact) mass is 409 g/mol. The number of imidazole rings is 1. The highest BCUT2D eigenvalue weighted by Crippen LogP contribution is 2.32. The molecule has 1 amide bonds. The Morgan fingerprint density at radius 1 is 1.23 bits per heavy atom. The zero-order valence-electron chi connectivity index (χ0n) is 17.1. The van der Waals surface area contributed by atoms with Gasteiger partial charge in [-0.2, -0.15) is 5.10 Å². The van der Waals surface area contributed by atoms with Gasteiger partial charge in [0.05, 0.1) is 43.0 Å². The maximum atomic E-state index is 12.4. The Morgan fingerprint density at radius 2 is 2.00 bits per heavy atom. The number of carboxylic acid groups (broad SMARTS) is 1. The van der Waals surface area contributed by atoms with Crippen LogP contribution in [0.3, 0.4) is 0 Å². The zero-order chi connectivity index (χ0) is 21.8. The van der Waals surface area contributed by atoms with Gasteiger partial charge in [0.15, 0.2) is 11.5 Å². The summed E-state index contributed by atoms with van der Waals surface area (Å²) in [5.74, 6) is -0.780. The minimum absolute atomic E-state index is 0.0140. The Hall–Kier alpha value is -3.88. The molecule has 2 aromatic carbocycles. The van der Waals surface area contributed by atoms with Crippen LogP contribution >= 0.6 is 0 Å². The van der Waals surface area contributed by atoms with Crippen LogP contribution in [0.25, 0.3) is 11.0 Å². The predicted octanol–water partition coefficient (Wildman–Crippen LogP) is 1.51. The van der Waals surface area contributed by atoms with E-state index in [1.807, 2.05) is 24.5 Å². The molecule has 0 fully saturated rings. The van der Waals surface area contributed by atoms with Crippen molar-refractivity contribution in [3.8, 4) is 11.5 Å². The second-order valence-corrected chi connectivity index (χ2v) is 6.36. The number of aromatic carboxylic acids is 1. The molecule has 9 nitrogen and oxygen atoms in total. The molecule has 1 heterocycles. The second-order valence-electron chi connectivity index (χ2n) is 6.36. The van der Waals surface area contributed by atoms with Crippen molar-refractivity contribution in [2.45, 2.75) is 20.4 Å². The van der Waals surface area contributed by atoms with Gasteiger partial charge in [0.1, 0.15) is 5.82 Å². The fourth-order valence-electron chi connectivity index (χ4n) is 3.28. The highest BCUT2D eigenvalue weighted by molar-refractivity contribution is 6.02. The number of nitrogens with one attached hydrogen (secondary N) is 1. The maximum absolute atomic E-state index is 12.4. The minimum atomic E-state index is -1.45. The number of aromatic nitrogens is 2. The SMILES string of the molecule is CCn1c(C)nc2cc(C(=O)N/N=C\c3ccc(OC)c(OC)c3C(=O)[O-])ccc21. The van der Waals surface area contributed by atoms with Gasteiger partial charge < -0.3 is 23.9 Å². The number of carboxylic acids is 1. The van der Waals surface area contributed by atoms with E-state index >= 15 is 0 Å². The Bertz CT molecular complexity index is 1150. The number of fused-ring (bicyclic) bond motifs is 1. The lowest BCUT2D eigenvalue weighted by Crippen LogP contribution is -2.25. The lowest BCUT2D eigenvalue weighted by molar-refractivity contribution is -0.255. The average molecular weight is 409 g/mol. The minimum Gasteiger partial charge on any atom is -0.545 e. The van der Waals surface area contributed by atoms with Crippen LogP contribution in [-0.2, 0) is 6.54 Å². The molecule has 0 bridgehead atoms. The Labute approximate surface area is 172 Å². The zero-order valence-corrected chi connectivity index (χ0v) is 17.1. The van der Waals surface area contributed by atoms with Gasteiger partial charge in [-0.05, 0) is 44.2 Å². The third kappa shape index (κ3) is 3.82. The molecule has 0 saturated carbocycles. The standard InChI is InChI=1S/C21H22N4O5/c1-5-25-12(2)23-15-10-13(6-8-16(15)25)20(26)24-22-11-14-7-9-17(29-3)19(30-4)18(14)21(27)28/h6-11H,5H2,1-4H3,(H,24,26)(H,27,28)/p-1/b22-11-. The number of hydrazone groups is 1. The van der Waals surface area contributed by atoms with Crippen LogP contribution in [-0.4, -0.2) is 41.9 Å². The largest absolute Gasteiger partial charge is 0.545 e. The van der Waals surface area contributed by atoms with Gasteiger partial charge in [-0.25, -0.2) is 10.4 Å². The molecule has 0 aliphatic rings. The van der Waals surface area contributed by atoms with E-state index in [9.17, 15) is 14.7 Å². The van der Waals surface area contributed by atoms with E-state index in [1.54, 1.807) is 12.1 Å². The van der Waals surface area contributed by atoms with E-state index in [-0.39, 0.29) is 22.6 Å². The highest BCUT2D eigenvalue weighted by atomic mass is 16.5. The summed E-state index contributed by atoms with van der Waals surface area (Å²) in [6.45, 7) is 4.72. The van der Waals surface area contributed by atoms with Gasteiger partial charge in [-0.3, -0.25) is 4.79 Å². The maximum Gasteiger partial charge on any atom is 0.271 e. The normalized spacial score (nSPS) is 11.1. The summed E-state index contributed by atoms with van der Waals surface area (Å²) < 4.78 is 12.3. The van der Waals surface area contributed by atoms with Gasteiger partial charge in [0.2, 0.25) is 0 Å². The number of methoxy groups -OCH3 is 2. The summed E-state index contributed by atoms with van der Waals surface area (Å²) in [6, 6.07) is 8.22. The van der Waals surface area contributed by atoms with Crippen molar-refractivity contribution in [1.82, 2.24) is 15.0 Å². The van der Waals surface area contributed by atoms with Gasteiger partial charge >= 0.3 is 0 Å². The first kappa shape index (κ1) is 20.8. The quantitative estimate of drug-likeness (QED) is 0.467. The van der Waals surface area contributed by atoms with Gasteiger partial charge in [0.25, 0.3) is 5.91 Å². The smallest absolute Gasteiger partial charge is 0.271 e. The molecule has 0 saturated heterocycles. The van der Waals surface area contributed by atoms with Crippen molar-refractivity contribution in [1.29, 1.82) is 0 Å². The molecule has 0 aliphatic heterocycles. The van der Waals surface area contributed by atoms with Crippen molar-refractivity contribution in [2.75, 3.05) is 14.2 Å². The molecule has 156 valence electrons. The first-order valence-electron chi connectivity index (χ1n) is 9.17. The summed E-state index contributed by atoms with van der Waals surface area (Å²) in [6.07, 6.45) is 1.21. The van der Waals surface area contributed by atoms with Crippen LogP contribution < -0.4 is 20.0 Å². The van der Waals surface area contributed by atoms with Gasteiger partial charge in [-0.1, -0.05) is 0 Å². The second kappa shape index (κ2) is 8.64. The topological polar surface area (TPSA) is 118 Å². The predicted molar refractivity (Wildman–Crippen MR) is 109 cm³/mol. The van der Waals surface area contributed by atoms with Crippen LogP contribution in [0, 0.1) is 6.92 Å². The van der Waals surface area contributed by atoms with Crippen molar-refractivity contribution >= 4 is 29.1 Å². The van der Waals surface area contributed by atoms with E-state index < -0.39 is 11.9 Å². The number of aryl methyl sites for hydroxylation is 2. The van der Waals surface area contributed by atoms with Gasteiger partial charge in [-0.15, -0.1) is 0 Å². The van der Waals surface area contributed by atoms with Crippen LogP contribution in [0.1, 0.15) is 39.0 Å². The number of carbonyl (C=O) groups is 2. The average Bonchev–Trinajstić information content (AvgIpc) is 3.06. The molecule has 0 unspecified atom stereocenters. The molecule has 3 rings (SSSR count). The fraction of sp³-hybridized carbons (Fsp3) is 0.238. The van der Waals surface area contributed by atoms with Crippen LogP contribution in [0.15, 0.2) is 35.4 Å². The fourth-order valence-corrected chi connectivity index (χ4v) is 3.28. The first-order valence-corrected chi connectivity index (χ1v) is 9.17. The number of benzene rings is 2. The van der Waals surface area contributed by atoms with E-state index in [0.29, 0.717) is 11.1 Å². The molecule has 0 atom stereocenters. The summed E-state index contributed by atoms with van der Waals surface area (Å²) in [5, 5.41) is 15.4. The lowest BCUT2D eigenvalue weighted by atomic mass is 10.1. The molecular formula is C21H21N4O5-. The Kier molecular flexibility index (Phi) is 6.01. The number of hydrogen-bond donors (Lipinski definition) is 1. The summed E-state index contributed by atoms with van der Waals surface area (Å²) in [4.78, 5) is 28.5. The van der Waals surface area contributed by atoms with E-state index in [2.05, 4.69) is 15.5 Å². The molecule has 0 aliphatic carbocycles. The van der Waals surface area contributed by atoms with Crippen LogP contribution in [0.4, 0.5) is 0 Å². The number of ether oxygens (including phenoxy) is 2. The van der Waals surface area contributed by atoms with E-state index in [0.717, 1.165) is 17.9 Å². The Balaban J connectivity index is 1.84. The highest BCUT2D eigenvalue weighted by Gasteiger charge is 2.15.